The quantitative estimate of drug-likeness (QED) is 0.161. The molecule has 9 nitrogen and oxygen atoms in total. The van der Waals surface area contributed by atoms with Crippen LogP contribution in [0.3, 0.4) is 0 Å². The number of carbonyl (C=O) groups excluding carboxylic acids is 4. The third-order valence-corrected chi connectivity index (χ3v) is 9.11. The molecule has 0 aromatic heterocycles. The number of Topliss-reactive ketones (excluding diaryl/α,β-unsaturated/α-hetero) is 1. The van der Waals surface area contributed by atoms with E-state index < -0.39 is 53.5 Å². The van der Waals surface area contributed by atoms with Crippen molar-refractivity contribution in [2.24, 2.45) is 23.2 Å². The number of carboxylic acid groups (broad SMARTS) is 1. The zero-order valence-electron chi connectivity index (χ0n) is 23.0. The Kier molecular flexibility index (Phi) is 7.70. The first-order valence-electron chi connectivity index (χ1n) is 14.3. The Morgan fingerprint density at radius 1 is 1.05 bits per heavy atom. The van der Waals surface area contributed by atoms with E-state index in [9.17, 15) is 29.1 Å². The van der Waals surface area contributed by atoms with Gasteiger partial charge in [0.15, 0.2) is 5.78 Å². The van der Waals surface area contributed by atoms with E-state index in [1.807, 2.05) is 38.2 Å². The number of allylic oxidation sites excluding steroid dienone is 5. The predicted octanol–water partition coefficient (Wildman–Crippen LogP) is 4.51. The minimum atomic E-state index is -1.82. The molecule has 3 heterocycles. The van der Waals surface area contributed by atoms with Crippen LogP contribution in [0.1, 0.15) is 78.1 Å². The summed E-state index contributed by atoms with van der Waals surface area (Å²) in [5, 5.41) is 9.90. The average molecular weight is 553 g/mol. The molecule has 6 atom stereocenters. The van der Waals surface area contributed by atoms with E-state index in [4.69, 9.17) is 14.2 Å². The van der Waals surface area contributed by atoms with E-state index in [1.54, 1.807) is 0 Å². The van der Waals surface area contributed by atoms with Gasteiger partial charge in [-0.3, -0.25) is 14.4 Å². The van der Waals surface area contributed by atoms with Gasteiger partial charge in [0, 0.05) is 18.4 Å². The van der Waals surface area contributed by atoms with Gasteiger partial charge in [-0.05, 0) is 57.8 Å². The van der Waals surface area contributed by atoms with Gasteiger partial charge in [0.05, 0.1) is 23.5 Å². The number of carbonyl (C=O) groups is 5. The number of carboxylic acids is 1. The van der Waals surface area contributed by atoms with Crippen LogP contribution in [0.2, 0.25) is 0 Å². The first kappa shape index (κ1) is 28.2. The molecule has 5 rings (SSSR count). The van der Waals surface area contributed by atoms with E-state index in [0.717, 1.165) is 32.1 Å². The number of hydrogen-bond acceptors (Lipinski definition) is 8. The molecule has 2 saturated heterocycles. The zero-order valence-corrected chi connectivity index (χ0v) is 23.0. The Morgan fingerprint density at radius 3 is 2.52 bits per heavy atom. The van der Waals surface area contributed by atoms with Gasteiger partial charge in [-0.25, -0.2) is 9.59 Å². The smallest absolute Gasteiger partial charge is 0.343 e. The molecular weight excluding hydrogens is 516 g/mol. The van der Waals surface area contributed by atoms with Gasteiger partial charge in [-0.15, -0.1) is 0 Å². The molecule has 9 heteroatoms. The minimum absolute atomic E-state index is 0.0270. The molecule has 2 fully saturated rings. The molecule has 1 spiro atoms. The number of unbranched alkanes of at least 4 members (excludes halogenated alkanes) is 3. The summed E-state index contributed by atoms with van der Waals surface area (Å²) in [5.41, 5.74) is -1.25. The third kappa shape index (κ3) is 4.48. The first-order chi connectivity index (χ1) is 19.2. The Labute approximate surface area is 233 Å². The summed E-state index contributed by atoms with van der Waals surface area (Å²) in [6.45, 7) is 3.86. The first-order valence-corrected chi connectivity index (χ1v) is 14.3. The second kappa shape index (κ2) is 10.9. The second-order valence-electron chi connectivity index (χ2n) is 11.5. The van der Waals surface area contributed by atoms with Crippen LogP contribution in [0.15, 0.2) is 47.1 Å². The van der Waals surface area contributed by atoms with Crippen molar-refractivity contribution in [2.45, 2.75) is 89.9 Å². The Bertz CT molecular complexity index is 1250. The van der Waals surface area contributed by atoms with Crippen LogP contribution in [0.25, 0.3) is 0 Å². The average Bonchev–Trinajstić information content (AvgIpc) is 3.25. The van der Waals surface area contributed by atoms with Gasteiger partial charge in [0.25, 0.3) is 0 Å². The largest absolute Gasteiger partial charge is 0.481 e. The summed E-state index contributed by atoms with van der Waals surface area (Å²) >= 11 is 0. The molecule has 3 aliphatic heterocycles. The van der Waals surface area contributed by atoms with Crippen molar-refractivity contribution in [3.63, 3.8) is 0 Å². The van der Waals surface area contributed by atoms with E-state index in [0.29, 0.717) is 18.4 Å². The number of esters is 3. The van der Waals surface area contributed by atoms with Crippen LogP contribution < -0.4 is 0 Å². The Hall–Kier alpha value is -3.33. The molecule has 214 valence electrons. The Balaban J connectivity index is 1.60. The summed E-state index contributed by atoms with van der Waals surface area (Å²) in [5.74, 6) is -7.03. The summed E-state index contributed by atoms with van der Waals surface area (Å²) in [4.78, 5) is 65.1. The van der Waals surface area contributed by atoms with E-state index >= 15 is 0 Å². The molecule has 0 unspecified atom stereocenters. The lowest BCUT2D eigenvalue weighted by atomic mass is 9.59. The zero-order chi connectivity index (χ0) is 28.7. The van der Waals surface area contributed by atoms with Gasteiger partial charge in [0.2, 0.25) is 5.79 Å². The van der Waals surface area contributed by atoms with Crippen molar-refractivity contribution in [1.29, 1.82) is 0 Å². The maximum Gasteiger partial charge on any atom is 0.343 e. The number of aliphatic carboxylic acids is 1. The van der Waals surface area contributed by atoms with E-state index in [2.05, 4.69) is 6.08 Å². The van der Waals surface area contributed by atoms with Crippen molar-refractivity contribution in [1.82, 2.24) is 0 Å². The fraction of sp³-hybridized carbons (Fsp3) is 0.581. The lowest BCUT2D eigenvalue weighted by molar-refractivity contribution is -0.268. The molecule has 0 amide bonds. The summed E-state index contributed by atoms with van der Waals surface area (Å²) in [6.07, 6.45) is 13.6. The molecule has 0 aromatic carbocycles. The van der Waals surface area contributed by atoms with Gasteiger partial charge in [-0.2, -0.15) is 0 Å². The fourth-order valence-corrected chi connectivity index (χ4v) is 7.40. The van der Waals surface area contributed by atoms with Crippen LogP contribution >= 0.6 is 0 Å². The third-order valence-electron chi connectivity index (χ3n) is 9.11. The van der Waals surface area contributed by atoms with Crippen LogP contribution in [0.5, 0.6) is 0 Å². The van der Waals surface area contributed by atoms with Crippen molar-refractivity contribution in [3.05, 3.63) is 47.1 Å². The van der Waals surface area contributed by atoms with Crippen molar-refractivity contribution < 1.29 is 43.3 Å². The monoisotopic (exact) mass is 552 g/mol. The molecule has 0 aromatic rings. The molecule has 40 heavy (non-hydrogen) atoms. The highest BCUT2D eigenvalue weighted by atomic mass is 16.7. The maximum atomic E-state index is 13.7. The maximum absolute atomic E-state index is 13.7. The highest BCUT2D eigenvalue weighted by molar-refractivity contribution is 6.14. The second-order valence-corrected chi connectivity index (χ2v) is 11.5. The summed E-state index contributed by atoms with van der Waals surface area (Å²) in [7, 11) is 0. The van der Waals surface area contributed by atoms with Crippen molar-refractivity contribution >= 4 is 29.7 Å². The van der Waals surface area contributed by atoms with Crippen LogP contribution in [-0.2, 0) is 38.2 Å². The molecule has 5 bridgehead atoms. The normalized spacial score (nSPS) is 34.1. The van der Waals surface area contributed by atoms with Gasteiger partial charge >= 0.3 is 23.9 Å². The predicted molar refractivity (Wildman–Crippen MR) is 141 cm³/mol. The van der Waals surface area contributed by atoms with E-state index in [-0.39, 0.29) is 41.6 Å². The highest BCUT2D eigenvalue weighted by Crippen LogP contribution is 2.67. The van der Waals surface area contributed by atoms with Gasteiger partial charge in [-0.1, -0.05) is 43.2 Å². The Morgan fingerprint density at radius 2 is 1.80 bits per heavy atom. The number of ketones is 1. The molecular formula is C31H36O9. The number of hydrogen-bond donors (Lipinski definition) is 1. The van der Waals surface area contributed by atoms with E-state index in [1.165, 1.54) is 0 Å². The van der Waals surface area contributed by atoms with Crippen molar-refractivity contribution in [2.75, 3.05) is 0 Å². The standard InChI is InChI=1S/C31H36O9/c1-3-5-7-8-9-11-12-18-14-23-30(17-24(33)34)16-20-25(28(36)38-27(20)35)26-19(18)15-22(21(32)13-10-6-4-2)39-31(23,26)40-29(30)37/h3-6,14,18-19,22,26H,7-13,15-17H2,1-2H3,(H,33,34)/b5-3+,6-4+/t18-,19+,22-,26+,30+,31+/m1/s1. The summed E-state index contributed by atoms with van der Waals surface area (Å²) in [6, 6.07) is 0. The van der Waals surface area contributed by atoms with Crippen LogP contribution in [0.4, 0.5) is 0 Å². The number of cyclic esters (lactones) is 2. The highest BCUT2D eigenvalue weighted by Gasteiger charge is 2.75. The summed E-state index contributed by atoms with van der Waals surface area (Å²) < 4.78 is 17.4. The van der Waals surface area contributed by atoms with Gasteiger partial charge in [0.1, 0.15) is 11.5 Å². The molecule has 0 radical (unpaired) electrons. The minimum Gasteiger partial charge on any atom is -0.481 e. The topological polar surface area (TPSA) is 133 Å². The SMILES string of the molecule is C/C=C/CCCCC[C@@H]1C=C2[C@@]3(CC(=O)O)CC4=C(C(=O)OC4=O)[C@@H]4[C@H]1C[C@H](C(=O)CC/C=C/C)O[C@]24OC3=O. The van der Waals surface area contributed by atoms with Crippen LogP contribution in [-0.4, -0.2) is 46.7 Å². The lowest BCUT2D eigenvalue weighted by Crippen LogP contribution is -2.59. The van der Waals surface area contributed by atoms with Crippen molar-refractivity contribution in [3.8, 4) is 0 Å². The molecule has 5 aliphatic rings. The fourth-order valence-electron chi connectivity index (χ4n) is 7.40. The number of ether oxygens (including phenoxy) is 3. The number of rotatable bonds is 12. The van der Waals surface area contributed by atoms with Gasteiger partial charge < -0.3 is 19.3 Å². The lowest BCUT2D eigenvalue weighted by Gasteiger charge is -2.52. The molecule has 0 saturated carbocycles. The molecule has 1 N–H and O–H groups in total. The van der Waals surface area contributed by atoms with Crippen LogP contribution in [0, 0.1) is 23.2 Å². The molecule has 2 aliphatic carbocycles.